The van der Waals surface area contributed by atoms with Gasteiger partial charge in [-0.1, -0.05) is 47.5 Å². The maximum absolute atomic E-state index is 6.40. The van der Waals surface area contributed by atoms with Crippen LogP contribution in [0.25, 0.3) is 1.43 Å². The Morgan fingerprint density at radius 2 is 1.54 bits per heavy atom. The molecule has 0 aliphatic rings. The molecule has 0 saturated carbocycles. The topological polar surface area (TPSA) is 20.2 Å². The van der Waals surface area contributed by atoms with Crippen molar-refractivity contribution in [2.75, 3.05) is 0 Å². The third-order valence-electron chi connectivity index (χ3n) is 2.44. The standard InChI is InChI=1S/C6H14.C5H12OS/c1-4-6(3)5-2;1-3-5(4-2)7-6/h6H,4-5H2,1-3H3;5-6H,3-4H2,1-2H3/i/hD. The molecule has 2 heteroatoms. The van der Waals surface area contributed by atoms with Crippen molar-refractivity contribution in [3.8, 4) is 0 Å². The van der Waals surface area contributed by atoms with Crippen LogP contribution in [0.2, 0.25) is 0 Å². The second kappa shape index (κ2) is 12.3. The van der Waals surface area contributed by atoms with Gasteiger partial charge in [-0.15, -0.1) is 0 Å². The zero-order chi connectivity index (χ0) is 11.4. The fourth-order valence-corrected chi connectivity index (χ4v) is 0.986. The van der Waals surface area contributed by atoms with Gasteiger partial charge in [0.15, 0.2) is 0 Å². The van der Waals surface area contributed by atoms with E-state index in [2.05, 4.69) is 39.2 Å². The van der Waals surface area contributed by atoms with Gasteiger partial charge in [-0.05, 0) is 30.8 Å². The Kier molecular flexibility index (Phi) is 12.6. The summed E-state index contributed by atoms with van der Waals surface area (Å²) in [5, 5.41) is 0.507. The highest BCUT2D eigenvalue weighted by Gasteiger charge is 1.98. The molecule has 0 aromatic rings. The fourth-order valence-electron chi connectivity index (χ4n) is 0.713. The van der Waals surface area contributed by atoms with Crippen LogP contribution >= 0.6 is 12.0 Å². The highest BCUT2D eigenvalue weighted by Crippen LogP contribution is 2.12. The molecule has 0 aliphatic heterocycles. The molecule has 0 saturated heterocycles. The highest BCUT2D eigenvalue weighted by atomic mass is 32.2. The lowest BCUT2D eigenvalue weighted by Gasteiger charge is -2.03. The second-order valence-corrected chi connectivity index (χ2v) is 4.32. The number of hydrogen-bond acceptors (Lipinski definition) is 2. The van der Waals surface area contributed by atoms with E-state index in [1.807, 2.05) is 0 Å². The van der Waals surface area contributed by atoms with Crippen molar-refractivity contribution in [2.45, 2.75) is 65.6 Å². The summed E-state index contributed by atoms with van der Waals surface area (Å²) in [7, 11) is 0. The van der Waals surface area contributed by atoms with Crippen molar-refractivity contribution >= 4 is 12.0 Å². The molecule has 0 aliphatic carbocycles. The minimum Gasteiger partial charge on any atom is -0.330 e. The molecule has 13 heavy (non-hydrogen) atoms. The molecular weight excluding hydrogens is 180 g/mol. The van der Waals surface area contributed by atoms with Crippen LogP contribution in [0.5, 0.6) is 0 Å². The van der Waals surface area contributed by atoms with Crippen molar-refractivity contribution in [1.82, 2.24) is 0 Å². The smallest absolute Gasteiger partial charge is 0.228 e. The largest absolute Gasteiger partial charge is 0.330 e. The van der Waals surface area contributed by atoms with Gasteiger partial charge < -0.3 is 4.56 Å². The Labute approximate surface area is 90.0 Å². The number of hydrogen-bond donors (Lipinski definition) is 1. The fraction of sp³-hybridized carbons (Fsp3) is 1.00. The Bertz CT molecular complexity index is 93.3. The van der Waals surface area contributed by atoms with E-state index >= 15 is 0 Å². The molecule has 0 radical (unpaired) electrons. The van der Waals surface area contributed by atoms with Crippen LogP contribution in [-0.2, 0) is 0 Å². The van der Waals surface area contributed by atoms with E-state index in [0.29, 0.717) is 5.25 Å². The zero-order valence-corrected chi connectivity index (χ0v) is 10.6. The summed E-state index contributed by atoms with van der Waals surface area (Å²) >= 11 is 1.24. The lowest BCUT2D eigenvalue weighted by molar-refractivity contribution is 0.544. The summed E-state index contributed by atoms with van der Waals surface area (Å²) in [6.45, 7) is 10.9. The van der Waals surface area contributed by atoms with Gasteiger partial charge in [0, 0.05) is 5.25 Å². The van der Waals surface area contributed by atoms with Crippen LogP contribution in [-0.4, -0.2) is 9.80 Å². The predicted octanol–water partition coefficient (Wildman–Crippen LogP) is 4.82. The minimum atomic E-state index is 0.507. The first-order valence-corrected chi connectivity index (χ1v) is 6.25. The van der Waals surface area contributed by atoms with Crippen molar-refractivity contribution in [3.63, 3.8) is 0 Å². The molecule has 0 amide bonds. The van der Waals surface area contributed by atoms with E-state index in [1.165, 1.54) is 24.9 Å². The van der Waals surface area contributed by atoms with Gasteiger partial charge in [0.25, 0.3) is 0 Å². The summed E-state index contributed by atoms with van der Waals surface area (Å²) in [4.78, 5) is 0. The Hall–Kier alpha value is 0.310. The molecular formula is C11H26OS. The van der Waals surface area contributed by atoms with Crippen molar-refractivity contribution in [3.05, 3.63) is 0 Å². The summed E-state index contributed by atoms with van der Waals surface area (Å²) in [6.07, 6.45) is 4.83. The average molecular weight is 207 g/mol. The molecule has 0 rings (SSSR count). The molecule has 0 unspecified atom stereocenters. The third kappa shape index (κ3) is 12.3. The molecule has 0 aromatic carbocycles. The quantitative estimate of drug-likeness (QED) is 0.630. The van der Waals surface area contributed by atoms with Crippen LogP contribution in [0.15, 0.2) is 0 Å². The molecule has 0 bridgehead atoms. The lowest BCUT2D eigenvalue weighted by atomic mass is 10.1. The van der Waals surface area contributed by atoms with E-state index in [0.717, 1.165) is 18.8 Å². The van der Waals surface area contributed by atoms with Crippen LogP contribution in [0.1, 0.15) is 60.3 Å². The van der Waals surface area contributed by atoms with E-state index in [-0.39, 0.29) is 0 Å². The van der Waals surface area contributed by atoms with Crippen LogP contribution in [0.3, 0.4) is 0 Å². The van der Waals surface area contributed by atoms with E-state index in [9.17, 15) is 0 Å². The van der Waals surface area contributed by atoms with Crippen LogP contribution in [0, 0.1) is 5.92 Å². The van der Waals surface area contributed by atoms with Gasteiger partial charge in [0.2, 0.25) is 1.43 Å². The molecule has 0 atom stereocenters. The SMILES string of the molecule is CCC(C)CC.[2H]OSC(CC)CC. The normalized spacial score (nSPS) is 11.2. The minimum absolute atomic E-state index is 0.507. The van der Waals surface area contributed by atoms with Gasteiger partial charge in [0.05, 0.1) is 0 Å². The monoisotopic (exact) mass is 207 g/mol. The Balaban J connectivity index is 0. The van der Waals surface area contributed by atoms with Crippen molar-refractivity contribution in [2.24, 2.45) is 5.92 Å². The molecule has 1 N–H and O–H groups in total. The van der Waals surface area contributed by atoms with Gasteiger partial charge in [0.1, 0.15) is 0 Å². The summed E-state index contributed by atoms with van der Waals surface area (Å²) in [5.41, 5.74) is 0. The number of rotatable bonds is 6. The lowest BCUT2D eigenvalue weighted by Crippen LogP contribution is -1.95. The highest BCUT2D eigenvalue weighted by molar-refractivity contribution is 7.94. The maximum atomic E-state index is 6.40. The molecule has 0 spiro atoms. The van der Waals surface area contributed by atoms with Gasteiger partial charge in [-0.2, -0.15) is 0 Å². The molecule has 82 valence electrons. The van der Waals surface area contributed by atoms with Crippen LogP contribution in [0.4, 0.5) is 0 Å². The Morgan fingerprint density at radius 3 is 1.62 bits per heavy atom. The Morgan fingerprint density at radius 1 is 1.08 bits per heavy atom. The van der Waals surface area contributed by atoms with Gasteiger partial charge >= 0.3 is 0 Å². The summed E-state index contributed by atoms with van der Waals surface area (Å²) < 4.78 is 10.6. The third-order valence-corrected chi connectivity index (χ3v) is 3.38. The van der Waals surface area contributed by atoms with E-state index in [1.54, 1.807) is 0 Å². The molecule has 0 aromatic heterocycles. The average Bonchev–Trinajstić information content (AvgIpc) is 2.25. The maximum Gasteiger partial charge on any atom is 0.228 e. The van der Waals surface area contributed by atoms with Gasteiger partial charge in [-0.25, -0.2) is 0 Å². The van der Waals surface area contributed by atoms with Gasteiger partial charge in [-0.3, -0.25) is 0 Å². The first-order valence-electron chi connectivity index (χ1n) is 5.85. The summed E-state index contributed by atoms with van der Waals surface area (Å²) in [5.74, 6) is 0.935. The van der Waals surface area contributed by atoms with Crippen molar-refractivity contribution in [1.29, 1.82) is 1.43 Å². The van der Waals surface area contributed by atoms with E-state index < -0.39 is 0 Å². The van der Waals surface area contributed by atoms with Crippen LogP contribution < -0.4 is 0 Å². The zero-order valence-electron chi connectivity index (χ0n) is 10.8. The first kappa shape index (κ1) is 13.3. The van der Waals surface area contributed by atoms with Crippen molar-refractivity contribution < 1.29 is 4.56 Å². The molecule has 0 fully saturated rings. The molecule has 1 nitrogen and oxygen atoms in total. The predicted molar refractivity (Wildman–Crippen MR) is 64.3 cm³/mol. The summed E-state index contributed by atoms with van der Waals surface area (Å²) in [6, 6.07) is 0. The van der Waals surface area contributed by atoms with E-state index in [4.69, 9.17) is 1.43 Å². The first-order chi connectivity index (χ1) is 6.65. The second-order valence-electron chi connectivity index (χ2n) is 3.46. The molecule has 0 heterocycles.